The van der Waals surface area contributed by atoms with Crippen LogP contribution in [-0.4, -0.2) is 11.4 Å². The summed E-state index contributed by atoms with van der Waals surface area (Å²) in [5, 5.41) is 6.56. The predicted octanol–water partition coefficient (Wildman–Crippen LogP) is 4.94. The third-order valence-electron chi connectivity index (χ3n) is 4.61. The van der Waals surface area contributed by atoms with Crippen LogP contribution in [0, 0.1) is 20.8 Å². The summed E-state index contributed by atoms with van der Waals surface area (Å²) < 4.78 is 0. The van der Waals surface area contributed by atoms with Gasteiger partial charge in [0, 0.05) is 28.6 Å². The van der Waals surface area contributed by atoms with Gasteiger partial charge in [-0.1, -0.05) is 42.0 Å². The van der Waals surface area contributed by atoms with Crippen LogP contribution in [0.5, 0.6) is 0 Å². The van der Waals surface area contributed by atoms with Crippen LogP contribution in [-0.2, 0) is 11.2 Å². The molecule has 0 aromatic heterocycles. The number of halogens is 1. The van der Waals surface area contributed by atoms with Gasteiger partial charge in [-0.2, -0.15) is 0 Å². The van der Waals surface area contributed by atoms with E-state index in [0.29, 0.717) is 0 Å². The fourth-order valence-corrected chi connectivity index (χ4v) is 3.67. The van der Waals surface area contributed by atoms with Gasteiger partial charge in [0.15, 0.2) is 0 Å². The molecule has 0 unspecified atom stereocenters. The number of carbonyl (C=O) groups excluding carboxylic acids is 1. The molecule has 1 heterocycles. The Kier molecular flexibility index (Phi) is 5.82. The summed E-state index contributed by atoms with van der Waals surface area (Å²) >= 11 is 0. The molecule has 1 aliphatic rings. The topological polar surface area (TPSA) is 41.1 Å². The number of benzene rings is 2. The zero-order valence-corrected chi connectivity index (χ0v) is 16.9. The number of nitrogens with one attached hydrogen (secondary N) is 2. The minimum absolute atomic E-state index is 0. The van der Waals surface area contributed by atoms with E-state index in [4.69, 9.17) is 0 Å². The molecule has 0 fully saturated rings. The Labute approximate surface area is 162 Å². The molecule has 0 aliphatic carbocycles. The fraction of sp³-hybridized carbons (Fsp3) is 0.318. The first-order valence-corrected chi connectivity index (χ1v) is 8.72. The van der Waals surface area contributed by atoms with Crippen LogP contribution in [0.25, 0.3) is 5.70 Å². The van der Waals surface area contributed by atoms with Gasteiger partial charge in [-0.25, -0.2) is 0 Å². The molecule has 0 radical (unpaired) electrons. The highest BCUT2D eigenvalue weighted by Crippen LogP contribution is 2.29. The summed E-state index contributed by atoms with van der Waals surface area (Å²) in [4.78, 5) is 12.7. The Hall–Kier alpha value is -2.26. The van der Waals surface area contributed by atoms with Gasteiger partial charge in [-0.3, -0.25) is 4.79 Å². The van der Waals surface area contributed by atoms with Crippen molar-refractivity contribution in [1.82, 2.24) is 5.32 Å². The first-order chi connectivity index (χ1) is 11.7. The van der Waals surface area contributed by atoms with E-state index in [2.05, 4.69) is 61.7 Å². The Morgan fingerprint density at radius 2 is 1.73 bits per heavy atom. The number of amides is 1. The highest BCUT2D eigenvalue weighted by molar-refractivity contribution is 6.05. The standard InChI is InChI=1S/C22H26N2O.ClH/c1-14-10-15(2)21(16(3)11-14)23-20(25)12-19-18-9-7-6-8-17(18)13-22(4,5)24-19;/h6-12,24H,13H2,1-5H3,(H,23,25);1H/b19-12+;. The Balaban J connectivity index is 0.00000243. The van der Waals surface area contributed by atoms with Crippen molar-refractivity contribution in [1.29, 1.82) is 0 Å². The lowest BCUT2D eigenvalue weighted by Crippen LogP contribution is -2.44. The average Bonchev–Trinajstić information content (AvgIpc) is 2.49. The van der Waals surface area contributed by atoms with Crippen molar-refractivity contribution in [3.63, 3.8) is 0 Å². The van der Waals surface area contributed by atoms with Crippen molar-refractivity contribution in [2.45, 2.75) is 46.6 Å². The molecule has 4 heteroatoms. The summed E-state index contributed by atoms with van der Waals surface area (Å²) in [6.45, 7) is 10.4. The van der Waals surface area contributed by atoms with Crippen molar-refractivity contribution in [3.05, 3.63) is 70.3 Å². The van der Waals surface area contributed by atoms with Crippen LogP contribution in [0.3, 0.4) is 0 Å². The number of hydrogen-bond acceptors (Lipinski definition) is 2. The summed E-state index contributed by atoms with van der Waals surface area (Å²) in [7, 11) is 0. The number of carbonyl (C=O) groups is 1. The molecule has 3 rings (SSSR count). The molecule has 0 saturated carbocycles. The van der Waals surface area contributed by atoms with Crippen molar-refractivity contribution in [2.75, 3.05) is 5.32 Å². The van der Waals surface area contributed by atoms with Gasteiger partial charge in [0.25, 0.3) is 0 Å². The molecule has 2 N–H and O–H groups in total. The minimum Gasteiger partial charge on any atom is -0.379 e. The summed E-state index contributed by atoms with van der Waals surface area (Å²) in [6, 6.07) is 12.5. The zero-order valence-electron chi connectivity index (χ0n) is 16.1. The maximum absolute atomic E-state index is 12.7. The molecule has 2 aromatic carbocycles. The predicted molar refractivity (Wildman–Crippen MR) is 112 cm³/mol. The van der Waals surface area contributed by atoms with E-state index in [1.165, 1.54) is 11.1 Å². The molecule has 26 heavy (non-hydrogen) atoms. The Bertz CT molecular complexity index is 845. The molecular weight excluding hydrogens is 344 g/mol. The molecule has 1 amide bonds. The highest BCUT2D eigenvalue weighted by Gasteiger charge is 2.27. The molecule has 0 spiro atoms. The van der Waals surface area contributed by atoms with Crippen LogP contribution in [0.15, 0.2) is 42.5 Å². The van der Waals surface area contributed by atoms with Crippen molar-refractivity contribution in [3.8, 4) is 0 Å². The number of anilines is 1. The van der Waals surface area contributed by atoms with Crippen molar-refractivity contribution < 1.29 is 4.79 Å². The normalized spacial score (nSPS) is 16.3. The molecule has 0 saturated heterocycles. The highest BCUT2D eigenvalue weighted by atomic mass is 35.5. The van der Waals surface area contributed by atoms with E-state index in [-0.39, 0.29) is 23.9 Å². The molecule has 138 valence electrons. The van der Waals surface area contributed by atoms with Gasteiger partial charge >= 0.3 is 0 Å². The van der Waals surface area contributed by atoms with Crippen LogP contribution >= 0.6 is 12.4 Å². The largest absolute Gasteiger partial charge is 0.379 e. The van der Waals surface area contributed by atoms with Crippen molar-refractivity contribution >= 4 is 29.7 Å². The molecule has 1 aliphatic heterocycles. The molecule has 0 bridgehead atoms. The van der Waals surface area contributed by atoms with Crippen LogP contribution in [0.1, 0.15) is 41.7 Å². The molecular formula is C22H27ClN2O. The molecule has 2 aromatic rings. The number of hydrogen-bond donors (Lipinski definition) is 2. The SMILES string of the molecule is Cc1cc(C)c(NC(=O)/C=C2/NC(C)(C)Cc3ccccc32)c(C)c1.Cl. The van der Waals surface area contributed by atoms with Gasteiger partial charge in [-0.05, 0) is 57.7 Å². The summed E-state index contributed by atoms with van der Waals surface area (Å²) in [6.07, 6.45) is 2.62. The summed E-state index contributed by atoms with van der Waals surface area (Å²) in [5.74, 6) is -0.106. The quantitative estimate of drug-likeness (QED) is 0.735. The van der Waals surface area contributed by atoms with Crippen LogP contribution in [0.2, 0.25) is 0 Å². The Morgan fingerprint density at radius 1 is 1.12 bits per heavy atom. The Morgan fingerprint density at radius 3 is 2.38 bits per heavy atom. The molecule has 0 atom stereocenters. The maximum atomic E-state index is 12.7. The average molecular weight is 371 g/mol. The van der Waals surface area contributed by atoms with E-state index in [0.717, 1.165) is 34.5 Å². The maximum Gasteiger partial charge on any atom is 0.250 e. The van der Waals surface area contributed by atoms with Gasteiger partial charge in [0.1, 0.15) is 0 Å². The van der Waals surface area contributed by atoms with Crippen molar-refractivity contribution in [2.24, 2.45) is 0 Å². The third-order valence-corrected chi connectivity index (χ3v) is 4.61. The van der Waals surface area contributed by atoms with Gasteiger partial charge in [0.2, 0.25) is 5.91 Å². The second kappa shape index (κ2) is 7.55. The second-order valence-electron chi connectivity index (χ2n) is 7.66. The van der Waals surface area contributed by atoms with Gasteiger partial charge in [0.05, 0.1) is 0 Å². The number of fused-ring (bicyclic) bond motifs is 1. The summed E-state index contributed by atoms with van der Waals surface area (Å²) in [5.41, 5.74) is 7.46. The van der Waals surface area contributed by atoms with E-state index >= 15 is 0 Å². The van der Waals surface area contributed by atoms with Crippen LogP contribution < -0.4 is 10.6 Å². The lowest BCUT2D eigenvalue weighted by Gasteiger charge is -2.35. The van der Waals surface area contributed by atoms with E-state index in [1.807, 2.05) is 19.9 Å². The monoisotopic (exact) mass is 370 g/mol. The third kappa shape index (κ3) is 4.28. The fourth-order valence-electron chi connectivity index (χ4n) is 3.67. The van der Waals surface area contributed by atoms with E-state index in [1.54, 1.807) is 6.08 Å². The minimum atomic E-state index is -0.106. The van der Waals surface area contributed by atoms with Gasteiger partial charge < -0.3 is 10.6 Å². The van der Waals surface area contributed by atoms with Crippen LogP contribution in [0.4, 0.5) is 5.69 Å². The molecule has 3 nitrogen and oxygen atoms in total. The number of rotatable bonds is 2. The van der Waals surface area contributed by atoms with Gasteiger partial charge in [-0.15, -0.1) is 12.4 Å². The lowest BCUT2D eigenvalue weighted by molar-refractivity contribution is -0.111. The first-order valence-electron chi connectivity index (χ1n) is 8.72. The zero-order chi connectivity index (χ0) is 18.2. The first kappa shape index (κ1) is 20.1. The lowest BCUT2D eigenvalue weighted by atomic mass is 9.86. The second-order valence-corrected chi connectivity index (χ2v) is 7.66. The van der Waals surface area contributed by atoms with E-state index in [9.17, 15) is 4.79 Å². The smallest absolute Gasteiger partial charge is 0.250 e. The van der Waals surface area contributed by atoms with E-state index < -0.39 is 0 Å². The number of aryl methyl sites for hydroxylation is 3.